The Morgan fingerprint density at radius 2 is 1.86 bits per heavy atom. The first-order valence-electron chi connectivity index (χ1n) is 5.16. The van der Waals surface area contributed by atoms with Crippen LogP contribution in [0.1, 0.15) is 13.8 Å². The van der Waals surface area contributed by atoms with Gasteiger partial charge in [0.15, 0.2) is 0 Å². The number of carbonyl (C=O) groups is 1. The number of nitrogens with zero attached hydrogens (tertiary/aromatic N) is 2. The second-order valence-corrected chi connectivity index (χ2v) is 3.98. The van der Waals surface area contributed by atoms with Gasteiger partial charge in [0.05, 0.1) is 13.7 Å². The molecule has 0 aromatic rings. The number of esters is 1. The van der Waals surface area contributed by atoms with E-state index in [1.807, 2.05) is 0 Å². The molecule has 1 aliphatic rings. The van der Waals surface area contributed by atoms with Gasteiger partial charge in [-0.2, -0.15) is 0 Å². The molecule has 0 N–H and O–H groups in total. The third-order valence-electron chi connectivity index (χ3n) is 2.72. The number of hydrogen-bond donors (Lipinski definition) is 0. The van der Waals surface area contributed by atoms with Crippen LogP contribution >= 0.6 is 0 Å². The molecule has 0 atom stereocenters. The van der Waals surface area contributed by atoms with Gasteiger partial charge in [0.1, 0.15) is 0 Å². The van der Waals surface area contributed by atoms with Crippen molar-refractivity contribution in [2.75, 3.05) is 39.8 Å². The molecule has 1 heterocycles. The molecule has 4 nitrogen and oxygen atoms in total. The van der Waals surface area contributed by atoms with Gasteiger partial charge in [-0.05, 0) is 13.8 Å². The summed E-state index contributed by atoms with van der Waals surface area (Å²) in [5.74, 6) is -0.136. The van der Waals surface area contributed by atoms with Crippen LogP contribution in [-0.2, 0) is 9.53 Å². The summed E-state index contributed by atoms with van der Waals surface area (Å²) in [6, 6.07) is 0.607. The Hall–Kier alpha value is -0.610. The number of piperazine rings is 1. The van der Waals surface area contributed by atoms with E-state index in [1.165, 1.54) is 7.11 Å². The van der Waals surface area contributed by atoms with Crippen molar-refractivity contribution in [3.63, 3.8) is 0 Å². The molecule has 0 aromatic carbocycles. The highest BCUT2D eigenvalue weighted by atomic mass is 16.5. The van der Waals surface area contributed by atoms with E-state index in [0.29, 0.717) is 12.6 Å². The molecule has 4 heteroatoms. The van der Waals surface area contributed by atoms with Gasteiger partial charge in [-0.25, -0.2) is 0 Å². The van der Waals surface area contributed by atoms with E-state index in [-0.39, 0.29) is 5.97 Å². The zero-order valence-electron chi connectivity index (χ0n) is 9.32. The summed E-state index contributed by atoms with van der Waals surface area (Å²) in [4.78, 5) is 15.6. The van der Waals surface area contributed by atoms with Gasteiger partial charge in [0.2, 0.25) is 0 Å². The molecule has 82 valence electrons. The number of ether oxygens (including phenoxy) is 1. The highest BCUT2D eigenvalue weighted by Crippen LogP contribution is 2.05. The summed E-state index contributed by atoms with van der Waals surface area (Å²) in [7, 11) is 1.44. The summed E-state index contributed by atoms with van der Waals surface area (Å²) in [6.45, 7) is 8.87. The normalized spacial score (nSPS) is 20.0. The Balaban J connectivity index is 2.25. The third kappa shape index (κ3) is 3.27. The molecule has 1 fully saturated rings. The Bertz CT molecular complexity index is 187. The fourth-order valence-electron chi connectivity index (χ4n) is 1.68. The van der Waals surface area contributed by atoms with Crippen LogP contribution in [0.2, 0.25) is 0 Å². The lowest BCUT2D eigenvalue weighted by atomic mass is 10.2. The van der Waals surface area contributed by atoms with Crippen molar-refractivity contribution in [1.82, 2.24) is 9.80 Å². The molecular formula is C10H20N2O2. The van der Waals surface area contributed by atoms with E-state index >= 15 is 0 Å². The van der Waals surface area contributed by atoms with Crippen molar-refractivity contribution in [2.45, 2.75) is 19.9 Å². The fourth-order valence-corrected chi connectivity index (χ4v) is 1.68. The van der Waals surface area contributed by atoms with Crippen molar-refractivity contribution in [3.8, 4) is 0 Å². The molecule has 0 spiro atoms. The predicted molar refractivity (Wildman–Crippen MR) is 55.2 cm³/mol. The quantitative estimate of drug-likeness (QED) is 0.609. The smallest absolute Gasteiger partial charge is 0.319 e. The summed E-state index contributed by atoms with van der Waals surface area (Å²) in [6.07, 6.45) is 0. The lowest BCUT2D eigenvalue weighted by molar-refractivity contribution is -0.142. The topological polar surface area (TPSA) is 32.8 Å². The first-order chi connectivity index (χ1) is 6.63. The zero-order chi connectivity index (χ0) is 10.6. The lowest BCUT2D eigenvalue weighted by Crippen LogP contribution is -2.50. The van der Waals surface area contributed by atoms with E-state index in [0.717, 1.165) is 26.2 Å². The van der Waals surface area contributed by atoms with Crippen LogP contribution in [0.5, 0.6) is 0 Å². The number of hydrogen-bond acceptors (Lipinski definition) is 4. The molecule has 0 bridgehead atoms. The molecule has 0 saturated carbocycles. The van der Waals surface area contributed by atoms with Gasteiger partial charge in [-0.3, -0.25) is 14.6 Å². The molecule has 0 aromatic heterocycles. The molecule has 0 unspecified atom stereocenters. The second kappa shape index (κ2) is 5.32. The summed E-state index contributed by atoms with van der Waals surface area (Å²) in [5, 5.41) is 0. The van der Waals surface area contributed by atoms with Crippen molar-refractivity contribution in [1.29, 1.82) is 0 Å². The van der Waals surface area contributed by atoms with Crippen molar-refractivity contribution in [3.05, 3.63) is 0 Å². The largest absolute Gasteiger partial charge is 0.468 e. The van der Waals surface area contributed by atoms with Crippen LogP contribution < -0.4 is 0 Å². The maximum atomic E-state index is 11.0. The van der Waals surface area contributed by atoms with Crippen LogP contribution in [0.15, 0.2) is 0 Å². The zero-order valence-corrected chi connectivity index (χ0v) is 9.32. The Morgan fingerprint density at radius 1 is 1.29 bits per heavy atom. The van der Waals surface area contributed by atoms with Gasteiger partial charge < -0.3 is 4.74 Å². The van der Waals surface area contributed by atoms with Gasteiger partial charge in [-0.15, -0.1) is 0 Å². The van der Waals surface area contributed by atoms with Gasteiger partial charge in [-0.1, -0.05) is 0 Å². The molecule has 0 aliphatic carbocycles. The molecule has 1 aliphatic heterocycles. The van der Waals surface area contributed by atoms with E-state index in [4.69, 9.17) is 0 Å². The predicted octanol–water partition coefficient (Wildman–Crippen LogP) is 0.185. The van der Waals surface area contributed by atoms with E-state index in [1.54, 1.807) is 0 Å². The van der Waals surface area contributed by atoms with Gasteiger partial charge in [0, 0.05) is 32.2 Å². The minimum absolute atomic E-state index is 0.136. The average molecular weight is 200 g/mol. The van der Waals surface area contributed by atoms with Crippen LogP contribution in [0, 0.1) is 0 Å². The van der Waals surface area contributed by atoms with Crippen molar-refractivity contribution in [2.24, 2.45) is 0 Å². The monoisotopic (exact) mass is 200 g/mol. The SMILES string of the molecule is COC(=O)CN1CCN(C(C)C)CC1. The van der Waals surface area contributed by atoms with Gasteiger partial charge >= 0.3 is 5.97 Å². The molecule has 0 radical (unpaired) electrons. The van der Waals surface area contributed by atoms with Crippen LogP contribution in [0.25, 0.3) is 0 Å². The molecule has 14 heavy (non-hydrogen) atoms. The summed E-state index contributed by atoms with van der Waals surface area (Å²) in [5.41, 5.74) is 0. The summed E-state index contributed by atoms with van der Waals surface area (Å²) < 4.78 is 4.63. The first kappa shape index (κ1) is 11.5. The number of methoxy groups -OCH3 is 1. The van der Waals surface area contributed by atoms with Crippen molar-refractivity contribution < 1.29 is 9.53 Å². The Kier molecular flexibility index (Phi) is 4.35. The minimum atomic E-state index is -0.136. The maximum Gasteiger partial charge on any atom is 0.319 e. The minimum Gasteiger partial charge on any atom is -0.468 e. The molecule has 1 rings (SSSR count). The molecule has 1 saturated heterocycles. The maximum absolute atomic E-state index is 11.0. The number of rotatable bonds is 3. The first-order valence-corrected chi connectivity index (χ1v) is 5.16. The van der Waals surface area contributed by atoms with Gasteiger partial charge in [0.25, 0.3) is 0 Å². The summed E-state index contributed by atoms with van der Waals surface area (Å²) >= 11 is 0. The Labute approximate surface area is 85.8 Å². The highest BCUT2D eigenvalue weighted by Gasteiger charge is 2.20. The van der Waals surface area contributed by atoms with E-state index < -0.39 is 0 Å². The molecule has 0 amide bonds. The number of carbonyl (C=O) groups excluding carboxylic acids is 1. The van der Waals surface area contributed by atoms with Crippen LogP contribution in [0.4, 0.5) is 0 Å². The van der Waals surface area contributed by atoms with Crippen LogP contribution in [-0.4, -0.2) is 61.6 Å². The Morgan fingerprint density at radius 3 is 2.29 bits per heavy atom. The standard InChI is InChI=1S/C10H20N2O2/c1-9(2)12-6-4-11(5-7-12)8-10(13)14-3/h9H,4-8H2,1-3H3. The average Bonchev–Trinajstić information content (AvgIpc) is 2.18. The van der Waals surface area contributed by atoms with E-state index in [9.17, 15) is 4.79 Å². The third-order valence-corrected chi connectivity index (χ3v) is 2.72. The van der Waals surface area contributed by atoms with E-state index in [2.05, 4.69) is 28.4 Å². The fraction of sp³-hybridized carbons (Fsp3) is 0.900. The lowest BCUT2D eigenvalue weighted by Gasteiger charge is -2.36. The van der Waals surface area contributed by atoms with Crippen molar-refractivity contribution >= 4 is 5.97 Å². The van der Waals surface area contributed by atoms with Crippen LogP contribution in [0.3, 0.4) is 0 Å². The molecular weight excluding hydrogens is 180 g/mol. The highest BCUT2D eigenvalue weighted by molar-refractivity contribution is 5.71. The second-order valence-electron chi connectivity index (χ2n) is 3.98.